The highest BCUT2D eigenvalue weighted by atomic mass is 32.2. The molecule has 0 aromatic heterocycles. The van der Waals surface area contributed by atoms with E-state index in [4.69, 9.17) is 0 Å². The number of rotatable bonds is 1. The summed E-state index contributed by atoms with van der Waals surface area (Å²) in [5.41, 5.74) is 5.93. The molecule has 0 amide bonds. The van der Waals surface area contributed by atoms with Gasteiger partial charge in [0.15, 0.2) is 5.78 Å². The van der Waals surface area contributed by atoms with Crippen LogP contribution in [0.15, 0.2) is 39.3 Å². The smallest absolute Gasteiger partial charge is 0.161 e. The highest BCUT2D eigenvalue weighted by Gasteiger charge is 2.27. The SMILES string of the molecule is CC1=CC(=O)CC2=C1Nc1c(C)cc(N3CCN(C)CC3)cc1S2. The van der Waals surface area contributed by atoms with Crippen LogP contribution in [0.3, 0.4) is 0 Å². The molecule has 1 N–H and O–H groups in total. The number of thioether (sulfide) groups is 1. The van der Waals surface area contributed by atoms with Gasteiger partial charge in [-0.3, -0.25) is 4.79 Å². The Morgan fingerprint density at radius 2 is 1.88 bits per heavy atom. The molecule has 4 nitrogen and oxygen atoms in total. The van der Waals surface area contributed by atoms with Crippen molar-refractivity contribution in [2.45, 2.75) is 25.2 Å². The van der Waals surface area contributed by atoms with Crippen LogP contribution < -0.4 is 10.2 Å². The number of fused-ring (bicyclic) bond motifs is 1. The Bertz CT molecular complexity index is 773. The molecular weight excluding hydrogens is 318 g/mol. The minimum absolute atomic E-state index is 0.205. The average Bonchev–Trinajstić information content (AvgIpc) is 2.54. The van der Waals surface area contributed by atoms with Crippen LogP contribution in [0.1, 0.15) is 18.9 Å². The molecule has 24 heavy (non-hydrogen) atoms. The Morgan fingerprint density at radius 3 is 2.62 bits per heavy atom. The Hall–Kier alpha value is -1.72. The van der Waals surface area contributed by atoms with E-state index in [1.54, 1.807) is 17.8 Å². The molecule has 0 unspecified atom stereocenters. The number of carbonyl (C=O) groups is 1. The molecule has 1 saturated heterocycles. The molecule has 0 atom stereocenters. The summed E-state index contributed by atoms with van der Waals surface area (Å²) in [6, 6.07) is 4.57. The van der Waals surface area contributed by atoms with Gasteiger partial charge in [-0.15, -0.1) is 0 Å². The van der Waals surface area contributed by atoms with E-state index in [1.165, 1.54) is 21.8 Å². The van der Waals surface area contributed by atoms with Gasteiger partial charge in [0, 0.05) is 48.1 Å². The number of likely N-dealkylation sites (N-methyl/N-ethyl adjacent to an activating group) is 1. The summed E-state index contributed by atoms with van der Waals surface area (Å²) in [5.74, 6) is 0.205. The van der Waals surface area contributed by atoms with Crippen LogP contribution >= 0.6 is 11.8 Å². The molecule has 2 aliphatic heterocycles. The number of aryl methyl sites for hydroxylation is 1. The Balaban J connectivity index is 1.66. The third kappa shape index (κ3) is 2.76. The summed E-state index contributed by atoms with van der Waals surface area (Å²) in [5, 5.41) is 3.59. The van der Waals surface area contributed by atoms with Gasteiger partial charge in [0.1, 0.15) is 0 Å². The quantitative estimate of drug-likeness (QED) is 0.847. The van der Waals surface area contributed by atoms with Crippen molar-refractivity contribution in [2.75, 3.05) is 43.4 Å². The summed E-state index contributed by atoms with van der Waals surface area (Å²) < 4.78 is 0. The van der Waals surface area contributed by atoms with Crippen molar-refractivity contribution >= 4 is 28.9 Å². The monoisotopic (exact) mass is 341 g/mol. The molecule has 1 aromatic carbocycles. The molecule has 0 spiro atoms. The minimum atomic E-state index is 0.205. The molecule has 1 fully saturated rings. The first kappa shape index (κ1) is 15.8. The van der Waals surface area contributed by atoms with Gasteiger partial charge in [-0.05, 0) is 50.2 Å². The number of nitrogens with zero attached hydrogens (tertiary/aromatic N) is 2. The molecule has 0 radical (unpaired) electrons. The first-order valence-corrected chi connectivity index (χ1v) is 9.30. The van der Waals surface area contributed by atoms with Crippen molar-refractivity contribution in [3.05, 3.63) is 39.9 Å². The second kappa shape index (κ2) is 5.97. The van der Waals surface area contributed by atoms with E-state index in [-0.39, 0.29) is 5.78 Å². The largest absolute Gasteiger partial charge is 0.369 e. The first-order valence-electron chi connectivity index (χ1n) is 8.49. The third-order valence-corrected chi connectivity index (χ3v) is 6.16. The second-order valence-corrected chi connectivity index (χ2v) is 8.06. The summed E-state index contributed by atoms with van der Waals surface area (Å²) >= 11 is 1.76. The number of carbonyl (C=O) groups excluding carboxylic acids is 1. The number of hydrogen-bond acceptors (Lipinski definition) is 5. The Kier molecular flexibility index (Phi) is 3.93. The summed E-state index contributed by atoms with van der Waals surface area (Å²) in [7, 11) is 2.18. The third-order valence-electron chi connectivity index (χ3n) is 5.02. The zero-order valence-corrected chi connectivity index (χ0v) is 15.3. The average molecular weight is 341 g/mol. The fourth-order valence-electron chi connectivity index (χ4n) is 3.57. The molecule has 3 aliphatic rings. The van der Waals surface area contributed by atoms with E-state index < -0.39 is 0 Å². The minimum Gasteiger partial charge on any atom is -0.369 e. The highest BCUT2D eigenvalue weighted by Crippen LogP contribution is 2.47. The number of ketones is 1. The zero-order valence-electron chi connectivity index (χ0n) is 14.5. The maximum absolute atomic E-state index is 11.9. The maximum Gasteiger partial charge on any atom is 0.161 e. The number of piperazine rings is 1. The molecule has 1 aromatic rings. The number of nitrogens with one attached hydrogen (secondary N) is 1. The van der Waals surface area contributed by atoms with Crippen LogP contribution in [0.2, 0.25) is 0 Å². The van der Waals surface area contributed by atoms with Gasteiger partial charge in [0.05, 0.1) is 11.4 Å². The highest BCUT2D eigenvalue weighted by molar-refractivity contribution is 8.03. The second-order valence-electron chi connectivity index (χ2n) is 6.92. The standard InChI is InChI=1S/C19H23N3OS/c1-12-8-14(22-6-4-21(3)5-7-22)10-16-18(12)20-19-13(2)9-15(23)11-17(19)24-16/h8-10,20H,4-7,11H2,1-3H3. The van der Waals surface area contributed by atoms with Crippen molar-refractivity contribution in [1.29, 1.82) is 0 Å². The predicted molar refractivity (Wildman–Crippen MR) is 101 cm³/mol. The molecule has 1 aliphatic carbocycles. The summed E-state index contributed by atoms with van der Waals surface area (Å²) in [6.07, 6.45) is 2.27. The number of hydrogen-bond donors (Lipinski definition) is 1. The van der Waals surface area contributed by atoms with E-state index >= 15 is 0 Å². The van der Waals surface area contributed by atoms with Crippen molar-refractivity contribution < 1.29 is 4.79 Å². The van der Waals surface area contributed by atoms with E-state index in [0.29, 0.717) is 6.42 Å². The number of allylic oxidation sites excluding steroid dienone is 3. The summed E-state index contributed by atoms with van der Waals surface area (Å²) in [6.45, 7) is 8.54. The zero-order chi connectivity index (χ0) is 16.8. The van der Waals surface area contributed by atoms with Crippen molar-refractivity contribution in [3.8, 4) is 0 Å². The number of anilines is 2. The lowest BCUT2D eigenvalue weighted by Crippen LogP contribution is -2.44. The van der Waals surface area contributed by atoms with Crippen molar-refractivity contribution in [2.24, 2.45) is 0 Å². The van der Waals surface area contributed by atoms with Gasteiger partial charge in [0.2, 0.25) is 0 Å². The van der Waals surface area contributed by atoms with E-state index in [9.17, 15) is 4.79 Å². The lowest BCUT2D eigenvalue weighted by molar-refractivity contribution is -0.114. The van der Waals surface area contributed by atoms with Gasteiger partial charge in [0.25, 0.3) is 0 Å². The molecule has 0 bridgehead atoms. The molecular formula is C19H23N3OS. The lowest BCUT2D eigenvalue weighted by Gasteiger charge is -2.35. The molecule has 126 valence electrons. The van der Waals surface area contributed by atoms with Crippen LogP contribution in [-0.2, 0) is 4.79 Å². The normalized spacial score (nSPS) is 21.2. The van der Waals surface area contributed by atoms with Gasteiger partial charge in [-0.25, -0.2) is 0 Å². The fourth-order valence-corrected chi connectivity index (χ4v) is 4.86. The van der Waals surface area contributed by atoms with Crippen molar-refractivity contribution in [3.63, 3.8) is 0 Å². The van der Waals surface area contributed by atoms with Gasteiger partial charge >= 0.3 is 0 Å². The van der Waals surface area contributed by atoms with Crippen LogP contribution in [0.5, 0.6) is 0 Å². The fraction of sp³-hybridized carbons (Fsp3) is 0.421. The van der Waals surface area contributed by atoms with E-state index in [2.05, 4.69) is 41.2 Å². The Morgan fingerprint density at radius 1 is 1.12 bits per heavy atom. The van der Waals surface area contributed by atoms with Crippen LogP contribution in [-0.4, -0.2) is 43.9 Å². The van der Waals surface area contributed by atoms with Crippen LogP contribution in [0.4, 0.5) is 11.4 Å². The molecule has 2 heterocycles. The lowest BCUT2D eigenvalue weighted by atomic mass is 10.0. The van der Waals surface area contributed by atoms with Gasteiger partial charge < -0.3 is 15.1 Å². The predicted octanol–water partition coefficient (Wildman–Crippen LogP) is 3.40. The molecule has 0 saturated carbocycles. The van der Waals surface area contributed by atoms with Crippen molar-refractivity contribution in [1.82, 2.24) is 4.90 Å². The number of benzene rings is 1. The van der Waals surface area contributed by atoms with Crippen LogP contribution in [0, 0.1) is 6.92 Å². The summed E-state index contributed by atoms with van der Waals surface area (Å²) in [4.78, 5) is 19.1. The molecule has 4 rings (SSSR count). The van der Waals surface area contributed by atoms with Gasteiger partial charge in [-0.1, -0.05) is 11.8 Å². The first-order chi connectivity index (χ1) is 11.5. The van der Waals surface area contributed by atoms with Crippen LogP contribution in [0.25, 0.3) is 0 Å². The van der Waals surface area contributed by atoms with E-state index in [1.807, 2.05) is 6.92 Å². The topological polar surface area (TPSA) is 35.6 Å². The maximum atomic E-state index is 11.9. The molecule has 5 heteroatoms. The van der Waals surface area contributed by atoms with Gasteiger partial charge in [-0.2, -0.15) is 0 Å². The Labute approximate surface area is 147 Å². The van der Waals surface area contributed by atoms with E-state index in [0.717, 1.165) is 42.4 Å².